The second-order valence-electron chi connectivity index (χ2n) is 13.2. The maximum Gasteiger partial charge on any atom is 0.245 e. The fraction of sp³-hybridized carbons (Fsp3) is 0.462. The monoisotopic (exact) mass is 655 g/mol. The zero-order chi connectivity index (χ0) is 34.5. The average Bonchev–Trinajstić information content (AvgIpc) is 3.10. The summed E-state index contributed by atoms with van der Waals surface area (Å²) in [7, 11) is 1.68. The first-order chi connectivity index (χ1) is 23.2. The number of hydrogen-bond donors (Lipinski definition) is 5. The first-order valence-corrected chi connectivity index (χ1v) is 17.3. The van der Waals surface area contributed by atoms with Crippen molar-refractivity contribution < 1.29 is 19.1 Å². The highest BCUT2D eigenvalue weighted by atomic mass is 16.5. The molecule has 9 heteroatoms. The van der Waals surface area contributed by atoms with Crippen molar-refractivity contribution in [1.82, 2.24) is 21.3 Å². The number of fused-ring (bicyclic) bond motifs is 2. The van der Waals surface area contributed by atoms with Gasteiger partial charge in [0.05, 0.1) is 25.3 Å². The maximum atomic E-state index is 13.5. The molecule has 2 aliphatic carbocycles. The molecule has 0 fully saturated rings. The van der Waals surface area contributed by atoms with Gasteiger partial charge >= 0.3 is 0 Å². The lowest BCUT2D eigenvalue weighted by Crippen LogP contribution is -2.58. The van der Waals surface area contributed by atoms with Crippen LogP contribution in [0.3, 0.4) is 0 Å². The molecule has 5 atom stereocenters. The van der Waals surface area contributed by atoms with Crippen LogP contribution in [0.4, 0.5) is 0 Å². The van der Waals surface area contributed by atoms with Gasteiger partial charge in [0.25, 0.3) is 0 Å². The van der Waals surface area contributed by atoms with Gasteiger partial charge < -0.3 is 31.7 Å². The van der Waals surface area contributed by atoms with Crippen LogP contribution in [0.1, 0.15) is 86.4 Å². The van der Waals surface area contributed by atoms with Crippen LogP contribution < -0.4 is 27.0 Å². The summed E-state index contributed by atoms with van der Waals surface area (Å²) in [6, 6.07) is 24.3. The van der Waals surface area contributed by atoms with Crippen molar-refractivity contribution in [2.45, 2.75) is 96.1 Å². The molecule has 3 aromatic rings. The molecule has 0 saturated carbocycles. The molecule has 5 rings (SSSR count). The Balaban J connectivity index is 0.000000395. The number of aryl methyl sites for hydroxylation is 2. The van der Waals surface area contributed by atoms with Crippen LogP contribution in [0.25, 0.3) is 0 Å². The quantitative estimate of drug-likeness (QED) is 0.193. The van der Waals surface area contributed by atoms with Gasteiger partial charge in [-0.15, -0.1) is 0 Å². The molecule has 6 N–H and O–H groups in total. The summed E-state index contributed by atoms with van der Waals surface area (Å²) in [5.41, 5.74) is 12.1. The molecule has 0 radical (unpaired) electrons. The Morgan fingerprint density at radius 1 is 0.771 bits per heavy atom. The SMILES string of the molecule is CNC(C)C(=O)NC(C(=O)NC(COCc1ccccc1)C(=O)NC1CCCc2ccccc21)C(C)C.NC1CCCc2ccccc21. The van der Waals surface area contributed by atoms with Gasteiger partial charge in [-0.25, -0.2) is 0 Å². The molecular weight excluding hydrogens is 602 g/mol. The second-order valence-corrected chi connectivity index (χ2v) is 13.2. The number of hydrogen-bond acceptors (Lipinski definition) is 6. The molecule has 0 aromatic heterocycles. The smallest absolute Gasteiger partial charge is 0.245 e. The Hall–Kier alpha value is -4.05. The van der Waals surface area contributed by atoms with Gasteiger partial charge in [-0.05, 0) is 86.2 Å². The summed E-state index contributed by atoms with van der Waals surface area (Å²) < 4.78 is 5.87. The first kappa shape index (κ1) is 36.8. The summed E-state index contributed by atoms with van der Waals surface area (Å²) in [4.78, 5) is 39.2. The summed E-state index contributed by atoms with van der Waals surface area (Å²) >= 11 is 0. The molecule has 3 aromatic carbocycles. The van der Waals surface area contributed by atoms with Gasteiger partial charge in [-0.1, -0.05) is 92.7 Å². The van der Waals surface area contributed by atoms with Crippen molar-refractivity contribution in [1.29, 1.82) is 0 Å². The van der Waals surface area contributed by atoms with Gasteiger partial charge in [-0.2, -0.15) is 0 Å². The number of nitrogens with two attached hydrogens (primary N) is 1. The lowest BCUT2D eigenvalue weighted by atomic mass is 9.87. The van der Waals surface area contributed by atoms with Crippen molar-refractivity contribution in [2.24, 2.45) is 11.7 Å². The fourth-order valence-electron chi connectivity index (χ4n) is 6.23. The average molecular weight is 656 g/mol. The number of carbonyl (C=O) groups is 3. The number of ether oxygens (including phenoxy) is 1. The third-order valence-electron chi connectivity index (χ3n) is 9.20. The fourth-order valence-corrected chi connectivity index (χ4v) is 6.23. The molecule has 0 heterocycles. The van der Waals surface area contributed by atoms with Crippen molar-refractivity contribution in [2.75, 3.05) is 13.7 Å². The minimum atomic E-state index is -0.912. The Morgan fingerprint density at radius 3 is 2.02 bits per heavy atom. The van der Waals surface area contributed by atoms with Gasteiger partial charge in [0, 0.05) is 6.04 Å². The summed E-state index contributed by atoms with van der Waals surface area (Å²) in [6.07, 6.45) is 6.41. The Labute approximate surface area is 285 Å². The van der Waals surface area contributed by atoms with E-state index in [9.17, 15) is 14.4 Å². The third kappa shape index (κ3) is 10.5. The van der Waals surface area contributed by atoms with E-state index >= 15 is 0 Å². The van der Waals surface area contributed by atoms with E-state index in [1.807, 2.05) is 62.4 Å². The highest BCUT2D eigenvalue weighted by molar-refractivity contribution is 5.93. The van der Waals surface area contributed by atoms with Crippen LogP contribution in [0.5, 0.6) is 0 Å². The number of carbonyl (C=O) groups excluding carboxylic acids is 3. The number of benzene rings is 3. The Kier molecular flexibility index (Phi) is 14.2. The van der Waals surface area contributed by atoms with E-state index in [0.717, 1.165) is 36.8 Å². The van der Waals surface area contributed by atoms with E-state index in [-0.39, 0.29) is 30.4 Å². The van der Waals surface area contributed by atoms with E-state index in [1.165, 1.54) is 29.5 Å². The molecule has 2 aliphatic rings. The summed E-state index contributed by atoms with van der Waals surface area (Å²) in [5.74, 6) is -1.18. The number of likely N-dealkylation sites (N-methyl/N-ethyl adjacent to an activating group) is 1. The summed E-state index contributed by atoms with van der Waals surface area (Å²) in [6.45, 7) is 5.76. The van der Waals surface area contributed by atoms with Crippen LogP contribution in [0.15, 0.2) is 78.9 Å². The van der Waals surface area contributed by atoms with Crippen LogP contribution in [-0.4, -0.2) is 49.5 Å². The van der Waals surface area contributed by atoms with Gasteiger partial charge in [-0.3, -0.25) is 14.4 Å². The van der Waals surface area contributed by atoms with Gasteiger partial charge in [0.15, 0.2) is 0 Å². The van der Waals surface area contributed by atoms with Crippen LogP contribution in [-0.2, 0) is 38.6 Å². The van der Waals surface area contributed by atoms with E-state index in [1.54, 1.807) is 14.0 Å². The second kappa shape index (κ2) is 18.5. The van der Waals surface area contributed by atoms with Gasteiger partial charge in [0.1, 0.15) is 12.1 Å². The predicted molar refractivity (Wildman–Crippen MR) is 190 cm³/mol. The highest BCUT2D eigenvalue weighted by Gasteiger charge is 2.31. The van der Waals surface area contributed by atoms with Crippen LogP contribution in [0.2, 0.25) is 0 Å². The maximum absolute atomic E-state index is 13.5. The van der Waals surface area contributed by atoms with Crippen molar-refractivity contribution in [3.8, 4) is 0 Å². The molecule has 48 heavy (non-hydrogen) atoms. The lowest BCUT2D eigenvalue weighted by molar-refractivity contribution is -0.134. The zero-order valence-electron chi connectivity index (χ0n) is 28.8. The Bertz CT molecular complexity index is 1480. The number of nitrogens with one attached hydrogen (secondary N) is 4. The van der Waals surface area contributed by atoms with Crippen molar-refractivity contribution in [3.05, 3.63) is 107 Å². The molecule has 258 valence electrons. The minimum absolute atomic E-state index is 0.00646. The lowest BCUT2D eigenvalue weighted by Gasteiger charge is -2.29. The van der Waals surface area contributed by atoms with E-state index in [2.05, 4.69) is 51.6 Å². The third-order valence-corrected chi connectivity index (χ3v) is 9.20. The van der Waals surface area contributed by atoms with Crippen molar-refractivity contribution >= 4 is 17.7 Å². The largest absolute Gasteiger partial charge is 0.374 e. The minimum Gasteiger partial charge on any atom is -0.374 e. The van der Waals surface area contributed by atoms with Crippen LogP contribution in [0, 0.1) is 5.92 Å². The zero-order valence-corrected chi connectivity index (χ0v) is 28.8. The standard InChI is InChI=1S/C29H40N4O4.C10H13N/c1-19(2)26(33-27(34)20(3)30-4)29(36)32-25(18-37-17-21-11-6-5-7-12-21)28(35)31-24-16-10-14-22-13-8-9-15-23(22)24;11-10-7-3-5-8-4-1-2-6-9(8)10/h5-9,11-13,15,19-20,24-26,30H,10,14,16-18H2,1-4H3,(H,31,35)(H,32,36)(H,33,34);1-2,4,6,10H,3,5,7,11H2. The normalized spacial score (nSPS) is 18.5. The molecule has 9 nitrogen and oxygen atoms in total. The molecule has 0 aliphatic heterocycles. The van der Waals surface area contributed by atoms with Crippen molar-refractivity contribution in [3.63, 3.8) is 0 Å². The first-order valence-electron chi connectivity index (χ1n) is 17.3. The molecule has 0 bridgehead atoms. The molecule has 0 spiro atoms. The Morgan fingerprint density at radius 2 is 1.38 bits per heavy atom. The van der Waals surface area contributed by atoms with E-state index in [4.69, 9.17) is 10.5 Å². The predicted octanol–water partition coefficient (Wildman–Crippen LogP) is 4.65. The molecular formula is C39H53N5O4. The van der Waals surface area contributed by atoms with Crippen LogP contribution >= 0.6 is 0 Å². The van der Waals surface area contributed by atoms with E-state index < -0.39 is 24.0 Å². The topological polar surface area (TPSA) is 135 Å². The number of amides is 3. The molecule has 0 saturated heterocycles. The summed E-state index contributed by atoms with van der Waals surface area (Å²) in [5, 5.41) is 11.7. The molecule has 5 unspecified atom stereocenters. The van der Waals surface area contributed by atoms with E-state index in [0.29, 0.717) is 12.6 Å². The van der Waals surface area contributed by atoms with Gasteiger partial charge in [0.2, 0.25) is 17.7 Å². The highest BCUT2D eigenvalue weighted by Crippen LogP contribution is 2.29. The number of rotatable bonds is 12. The molecule has 3 amide bonds.